The van der Waals surface area contributed by atoms with E-state index in [1.807, 2.05) is 25.1 Å². The number of hydrogen-bond acceptors (Lipinski definition) is 5. The van der Waals surface area contributed by atoms with E-state index in [1.54, 1.807) is 17.6 Å². The Morgan fingerprint density at radius 2 is 2.28 bits per heavy atom. The molecule has 25 heavy (non-hydrogen) atoms. The van der Waals surface area contributed by atoms with Gasteiger partial charge in [0.2, 0.25) is 5.82 Å². The first-order valence-corrected chi connectivity index (χ1v) is 8.67. The summed E-state index contributed by atoms with van der Waals surface area (Å²) in [7, 11) is 0. The topological polar surface area (TPSA) is 91.1 Å². The van der Waals surface area contributed by atoms with Crippen LogP contribution in [0.25, 0.3) is 11.6 Å². The average molecular weight is 472 g/mol. The van der Waals surface area contributed by atoms with Crippen molar-refractivity contribution in [2.75, 3.05) is 6.54 Å². The van der Waals surface area contributed by atoms with Gasteiger partial charge in [0.05, 0.1) is 12.3 Å². The van der Waals surface area contributed by atoms with Crippen LogP contribution in [0.1, 0.15) is 30.6 Å². The van der Waals surface area contributed by atoms with E-state index >= 15 is 0 Å². The van der Waals surface area contributed by atoms with Crippen LogP contribution in [0.15, 0.2) is 45.3 Å². The lowest BCUT2D eigenvalue weighted by atomic mass is 10.3. The molecule has 1 atom stereocenters. The summed E-state index contributed by atoms with van der Waals surface area (Å²) < 4.78 is 5.29. The third-order valence-electron chi connectivity index (χ3n) is 3.33. The number of furan rings is 1. The van der Waals surface area contributed by atoms with Gasteiger partial charge in [-0.25, -0.2) is 9.98 Å². The molecule has 0 spiro atoms. The summed E-state index contributed by atoms with van der Waals surface area (Å²) in [6.45, 7) is 5.34. The minimum atomic E-state index is 0. The first-order valence-electron chi connectivity index (χ1n) is 7.79. The molecule has 0 aliphatic rings. The summed E-state index contributed by atoms with van der Waals surface area (Å²) in [6.07, 6.45) is 1.60. The van der Waals surface area contributed by atoms with Crippen molar-refractivity contribution in [1.82, 2.24) is 25.8 Å². The number of guanidine groups is 1. The number of nitrogens with one attached hydrogen (secondary N) is 3. The number of nitrogens with zero attached hydrogens (tertiary/aromatic N) is 3. The van der Waals surface area contributed by atoms with Crippen LogP contribution in [0.5, 0.6) is 0 Å². The van der Waals surface area contributed by atoms with E-state index < -0.39 is 0 Å². The smallest absolute Gasteiger partial charge is 0.216 e. The summed E-state index contributed by atoms with van der Waals surface area (Å²) in [6, 6.07) is 7.98. The van der Waals surface area contributed by atoms with Crippen LogP contribution < -0.4 is 10.6 Å². The summed E-state index contributed by atoms with van der Waals surface area (Å²) in [5.74, 6) is 2.60. The molecule has 0 aromatic carbocycles. The second-order valence-corrected chi connectivity index (χ2v) is 6.14. The normalized spacial score (nSPS) is 12.5. The molecule has 3 rings (SSSR count). The highest BCUT2D eigenvalue weighted by Gasteiger charge is 2.10. The Morgan fingerprint density at radius 1 is 1.40 bits per heavy atom. The second kappa shape index (κ2) is 9.56. The van der Waals surface area contributed by atoms with E-state index in [0.717, 1.165) is 12.5 Å². The number of halogens is 1. The lowest BCUT2D eigenvalue weighted by Crippen LogP contribution is -2.38. The van der Waals surface area contributed by atoms with E-state index in [0.29, 0.717) is 24.0 Å². The monoisotopic (exact) mass is 472 g/mol. The van der Waals surface area contributed by atoms with Gasteiger partial charge >= 0.3 is 0 Å². The number of hydrogen-bond donors (Lipinski definition) is 3. The molecule has 1 unspecified atom stereocenters. The predicted molar refractivity (Wildman–Crippen MR) is 110 cm³/mol. The molecule has 9 heteroatoms. The zero-order valence-corrected chi connectivity index (χ0v) is 17.2. The number of H-pyrrole nitrogens is 1. The van der Waals surface area contributed by atoms with Gasteiger partial charge in [0.25, 0.3) is 0 Å². The Bertz CT molecular complexity index is 769. The molecule has 3 N–H and O–H groups in total. The lowest BCUT2D eigenvalue weighted by molar-refractivity contribution is 0.577. The van der Waals surface area contributed by atoms with Gasteiger partial charge in [-0.1, -0.05) is 6.07 Å². The fourth-order valence-corrected chi connectivity index (χ4v) is 2.90. The van der Waals surface area contributed by atoms with Gasteiger partial charge in [-0.05, 0) is 37.4 Å². The van der Waals surface area contributed by atoms with Crippen LogP contribution >= 0.6 is 35.3 Å². The Balaban J connectivity index is 0.00000225. The first-order chi connectivity index (χ1) is 11.8. The van der Waals surface area contributed by atoms with Gasteiger partial charge in [-0.15, -0.1) is 40.4 Å². The molecule has 3 aromatic heterocycles. The molecule has 0 bridgehead atoms. The van der Waals surface area contributed by atoms with E-state index in [9.17, 15) is 0 Å². The predicted octanol–water partition coefficient (Wildman–Crippen LogP) is 3.56. The van der Waals surface area contributed by atoms with Crippen LogP contribution in [-0.2, 0) is 6.54 Å². The fraction of sp³-hybridized carbons (Fsp3) is 0.312. The molecule has 0 amide bonds. The maximum absolute atomic E-state index is 5.29. The zero-order chi connectivity index (χ0) is 16.8. The molecule has 0 saturated carbocycles. The first kappa shape index (κ1) is 19.4. The molecule has 134 valence electrons. The number of thiophene rings is 1. The maximum atomic E-state index is 5.29. The van der Waals surface area contributed by atoms with Crippen LogP contribution in [0, 0.1) is 0 Å². The van der Waals surface area contributed by atoms with Crippen LogP contribution in [0.4, 0.5) is 0 Å². The molecule has 0 fully saturated rings. The molecule has 0 saturated heterocycles. The summed E-state index contributed by atoms with van der Waals surface area (Å²) in [5, 5.41) is 15.7. The van der Waals surface area contributed by atoms with E-state index in [1.165, 1.54) is 4.88 Å². The number of rotatable bonds is 6. The molecule has 3 heterocycles. The second-order valence-electron chi connectivity index (χ2n) is 5.16. The van der Waals surface area contributed by atoms with Gasteiger partial charge in [0, 0.05) is 11.4 Å². The van der Waals surface area contributed by atoms with Gasteiger partial charge in [-0.2, -0.15) is 0 Å². The van der Waals surface area contributed by atoms with Crippen molar-refractivity contribution in [3.8, 4) is 11.6 Å². The van der Waals surface area contributed by atoms with E-state index in [4.69, 9.17) is 4.42 Å². The summed E-state index contributed by atoms with van der Waals surface area (Å²) in [4.78, 5) is 10.2. The highest BCUT2D eigenvalue weighted by atomic mass is 127. The van der Waals surface area contributed by atoms with E-state index in [-0.39, 0.29) is 30.0 Å². The van der Waals surface area contributed by atoms with Crippen molar-refractivity contribution < 1.29 is 4.42 Å². The summed E-state index contributed by atoms with van der Waals surface area (Å²) in [5.41, 5.74) is 0. The van der Waals surface area contributed by atoms with Gasteiger partial charge < -0.3 is 15.1 Å². The van der Waals surface area contributed by atoms with Crippen molar-refractivity contribution in [1.29, 1.82) is 0 Å². The number of aliphatic imine (C=N–C) groups is 1. The molecule has 3 aromatic rings. The maximum Gasteiger partial charge on any atom is 0.216 e. The SMILES string of the molecule is CCNC(=NCc1nc(-c2ccco2)n[nH]1)NC(C)c1cccs1.I. The van der Waals surface area contributed by atoms with Crippen molar-refractivity contribution in [3.63, 3.8) is 0 Å². The number of aromatic nitrogens is 3. The minimum absolute atomic E-state index is 0. The molecule has 7 nitrogen and oxygen atoms in total. The number of aromatic amines is 1. The quantitative estimate of drug-likeness (QED) is 0.290. The van der Waals surface area contributed by atoms with Crippen molar-refractivity contribution in [2.45, 2.75) is 26.4 Å². The molecule has 0 aliphatic carbocycles. The largest absolute Gasteiger partial charge is 0.461 e. The standard InChI is InChI=1S/C16H20N6OS.HI/c1-3-17-16(19-11(2)13-7-5-9-24-13)18-10-14-20-15(22-21-14)12-6-4-8-23-12;/h4-9,11H,3,10H2,1-2H3,(H2,17,18,19)(H,20,21,22);1H. The van der Waals surface area contributed by atoms with E-state index in [2.05, 4.69) is 49.2 Å². The third kappa shape index (κ3) is 5.30. The van der Waals surface area contributed by atoms with Crippen LogP contribution in [0.3, 0.4) is 0 Å². The van der Waals surface area contributed by atoms with Gasteiger partial charge in [-0.3, -0.25) is 5.10 Å². The highest BCUT2D eigenvalue weighted by molar-refractivity contribution is 14.0. The third-order valence-corrected chi connectivity index (χ3v) is 4.38. The van der Waals surface area contributed by atoms with Crippen molar-refractivity contribution in [2.24, 2.45) is 4.99 Å². The Hall–Kier alpha value is -1.88. The van der Waals surface area contributed by atoms with Crippen molar-refractivity contribution >= 4 is 41.3 Å². The molecule has 0 radical (unpaired) electrons. The summed E-state index contributed by atoms with van der Waals surface area (Å²) >= 11 is 1.72. The van der Waals surface area contributed by atoms with Crippen LogP contribution in [-0.4, -0.2) is 27.7 Å². The highest BCUT2D eigenvalue weighted by Crippen LogP contribution is 2.18. The minimum Gasteiger partial charge on any atom is -0.461 e. The zero-order valence-electron chi connectivity index (χ0n) is 14.0. The Kier molecular flexibility index (Phi) is 7.44. The van der Waals surface area contributed by atoms with Crippen molar-refractivity contribution in [3.05, 3.63) is 46.6 Å². The molecular weight excluding hydrogens is 451 g/mol. The fourth-order valence-electron chi connectivity index (χ4n) is 2.17. The molecular formula is C16H21IN6OS. The lowest BCUT2D eigenvalue weighted by Gasteiger charge is -2.16. The van der Waals surface area contributed by atoms with Gasteiger partial charge in [0.1, 0.15) is 12.4 Å². The Labute approximate surface area is 167 Å². The van der Waals surface area contributed by atoms with Gasteiger partial charge in [0.15, 0.2) is 11.7 Å². The Morgan fingerprint density at radius 3 is 2.96 bits per heavy atom. The average Bonchev–Trinajstić information content (AvgIpc) is 3.34. The van der Waals surface area contributed by atoms with Crippen LogP contribution in [0.2, 0.25) is 0 Å². The molecule has 0 aliphatic heterocycles.